The van der Waals surface area contributed by atoms with Gasteiger partial charge in [0.05, 0.1) is 0 Å². The molecule has 0 saturated heterocycles. The van der Waals surface area contributed by atoms with Crippen molar-refractivity contribution in [2.24, 2.45) is 0 Å². The van der Waals surface area contributed by atoms with Crippen LogP contribution in [0.5, 0.6) is 0 Å². The predicted octanol–water partition coefficient (Wildman–Crippen LogP) is 4.04. The third-order valence-corrected chi connectivity index (χ3v) is 2.61. The second-order valence-corrected chi connectivity index (χ2v) is 7.76. The molecule has 74 valence electrons. The van der Waals surface area contributed by atoms with E-state index in [1.165, 1.54) is 0 Å². The van der Waals surface area contributed by atoms with Crippen LogP contribution in [-0.4, -0.2) is 19.5 Å². The van der Waals surface area contributed by atoms with Crippen LogP contribution in [0.15, 0.2) is 11.9 Å². The van der Waals surface area contributed by atoms with Crippen molar-refractivity contribution >= 4 is 7.22 Å². The zero-order valence-corrected chi connectivity index (χ0v) is 7.65. The molecule has 0 fully saturated rings. The SMILES string of the molecule is CP(C)(F)(F)CCC(F)=C(F)F. The molecule has 0 aliphatic carbocycles. The van der Waals surface area contributed by atoms with E-state index >= 15 is 0 Å². The molecule has 0 atom stereocenters. The number of allylic oxidation sites excluding steroid dienone is 1. The summed E-state index contributed by atoms with van der Waals surface area (Å²) < 4.78 is 60.3. The zero-order chi connectivity index (χ0) is 10.0. The van der Waals surface area contributed by atoms with Crippen molar-refractivity contribution in [1.82, 2.24) is 0 Å². The van der Waals surface area contributed by atoms with Gasteiger partial charge in [0.1, 0.15) is 0 Å². The van der Waals surface area contributed by atoms with Crippen molar-refractivity contribution in [3.8, 4) is 0 Å². The summed E-state index contributed by atoms with van der Waals surface area (Å²) in [7, 11) is -4.83. The Bertz CT molecular complexity index is 188. The van der Waals surface area contributed by atoms with Gasteiger partial charge in [0.25, 0.3) is 0 Å². The maximum absolute atomic E-state index is 12.7. The van der Waals surface area contributed by atoms with Gasteiger partial charge in [-0.05, 0) is 0 Å². The van der Waals surface area contributed by atoms with Crippen molar-refractivity contribution in [3.05, 3.63) is 11.9 Å². The van der Waals surface area contributed by atoms with Crippen LogP contribution < -0.4 is 0 Å². The van der Waals surface area contributed by atoms with Gasteiger partial charge < -0.3 is 0 Å². The molecule has 0 aliphatic rings. The van der Waals surface area contributed by atoms with Crippen LogP contribution in [0.2, 0.25) is 0 Å². The van der Waals surface area contributed by atoms with E-state index in [9.17, 15) is 21.6 Å². The van der Waals surface area contributed by atoms with Gasteiger partial charge >= 0.3 is 66.6 Å². The Balaban J connectivity index is 4.12. The molecule has 0 spiro atoms. The van der Waals surface area contributed by atoms with E-state index in [0.717, 1.165) is 0 Å². The van der Waals surface area contributed by atoms with Gasteiger partial charge in [0.15, 0.2) is 0 Å². The minimum absolute atomic E-state index is 0.703. The van der Waals surface area contributed by atoms with E-state index in [0.29, 0.717) is 13.3 Å². The first kappa shape index (κ1) is 11.8. The number of halogens is 5. The van der Waals surface area contributed by atoms with Gasteiger partial charge in [-0.15, -0.1) is 0 Å². The monoisotopic (exact) mass is 208 g/mol. The summed E-state index contributed by atoms with van der Waals surface area (Å²) in [6.07, 6.45) is -4.18. The topological polar surface area (TPSA) is 0 Å². The molecule has 6 heteroatoms. The summed E-state index contributed by atoms with van der Waals surface area (Å²) in [5.74, 6) is -1.73. The Hall–Kier alpha value is -0.180. The quantitative estimate of drug-likeness (QED) is 0.485. The zero-order valence-electron chi connectivity index (χ0n) is 6.75. The van der Waals surface area contributed by atoms with E-state index in [-0.39, 0.29) is 0 Å². The molecule has 0 N–H and O–H groups in total. The fraction of sp³-hybridized carbons (Fsp3) is 0.667. The van der Waals surface area contributed by atoms with Crippen molar-refractivity contribution < 1.29 is 21.6 Å². The standard InChI is InChI=1S/C6H10F5P/c1-12(2,10,11)4-3-5(7)6(8)9/h3-4H2,1-2H3. The Kier molecular flexibility index (Phi) is 3.24. The number of hydrogen-bond acceptors (Lipinski definition) is 0. The number of rotatable bonds is 3. The Morgan fingerprint density at radius 3 is 1.75 bits per heavy atom. The summed E-state index contributed by atoms with van der Waals surface area (Å²) in [5.41, 5.74) is 0. The molecule has 0 unspecified atom stereocenters. The Morgan fingerprint density at radius 2 is 1.50 bits per heavy atom. The molecular weight excluding hydrogens is 198 g/mol. The van der Waals surface area contributed by atoms with Crippen molar-refractivity contribution in [2.75, 3.05) is 19.5 Å². The molecule has 0 aromatic heterocycles. The van der Waals surface area contributed by atoms with Crippen molar-refractivity contribution in [3.63, 3.8) is 0 Å². The summed E-state index contributed by atoms with van der Waals surface area (Å²) in [6, 6.07) is 0. The van der Waals surface area contributed by atoms with Crippen molar-refractivity contribution in [2.45, 2.75) is 6.42 Å². The van der Waals surface area contributed by atoms with Crippen LogP contribution in [0.3, 0.4) is 0 Å². The first-order chi connectivity index (χ1) is 5.08. The molecule has 0 rings (SSSR count). The molecule has 0 nitrogen and oxygen atoms in total. The van der Waals surface area contributed by atoms with Crippen LogP contribution in [0.4, 0.5) is 21.6 Å². The maximum atomic E-state index is 12.7. The van der Waals surface area contributed by atoms with Gasteiger partial charge in [-0.1, -0.05) is 0 Å². The van der Waals surface area contributed by atoms with Crippen LogP contribution in [0, 0.1) is 0 Å². The van der Waals surface area contributed by atoms with Gasteiger partial charge in [-0.2, -0.15) is 0 Å². The third-order valence-electron chi connectivity index (χ3n) is 1.15. The second-order valence-electron chi connectivity index (χ2n) is 3.20. The molecular formula is C6H10F5P. The van der Waals surface area contributed by atoms with E-state index in [2.05, 4.69) is 0 Å². The first-order valence-electron chi connectivity index (χ1n) is 3.22. The minimum atomic E-state index is -4.83. The Labute approximate surface area is 67.6 Å². The Morgan fingerprint density at radius 1 is 1.08 bits per heavy atom. The first-order valence-corrected chi connectivity index (χ1v) is 6.32. The van der Waals surface area contributed by atoms with Gasteiger partial charge in [-0.3, -0.25) is 0 Å². The average Bonchev–Trinajstić information content (AvgIpc) is 1.79. The summed E-state index contributed by atoms with van der Waals surface area (Å²) in [4.78, 5) is 0. The van der Waals surface area contributed by atoms with Crippen LogP contribution in [0.25, 0.3) is 0 Å². The molecule has 0 aliphatic heterocycles. The van der Waals surface area contributed by atoms with Gasteiger partial charge in [0.2, 0.25) is 0 Å². The molecule has 0 radical (unpaired) electrons. The van der Waals surface area contributed by atoms with Gasteiger partial charge in [-0.25, -0.2) is 0 Å². The second kappa shape index (κ2) is 3.29. The van der Waals surface area contributed by atoms with Gasteiger partial charge in [0, 0.05) is 0 Å². The molecule has 0 amide bonds. The molecule has 0 bridgehead atoms. The molecule has 12 heavy (non-hydrogen) atoms. The van der Waals surface area contributed by atoms with Crippen molar-refractivity contribution in [1.29, 1.82) is 0 Å². The summed E-state index contributed by atoms with van der Waals surface area (Å²) in [6.45, 7) is 1.41. The summed E-state index contributed by atoms with van der Waals surface area (Å²) >= 11 is 0. The normalized spacial score (nSPS) is 15.1. The van der Waals surface area contributed by atoms with Crippen LogP contribution in [-0.2, 0) is 0 Å². The molecule has 0 saturated carbocycles. The average molecular weight is 208 g/mol. The van der Waals surface area contributed by atoms with E-state index < -0.39 is 31.7 Å². The van der Waals surface area contributed by atoms with E-state index in [1.54, 1.807) is 0 Å². The molecule has 0 aromatic carbocycles. The van der Waals surface area contributed by atoms with Crippen LogP contribution >= 0.6 is 7.22 Å². The predicted molar refractivity (Wildman–Crippen MR) is 40.8 cm³/mol. The summed E-state index contributed by atoms with van der Waals surface area (Å²) in [5, 5.41) is 0. The molecule has 0 aromatic rings. The molecule has 0 heterocycles. The number of hydrogen-bond donors (Lipinski definition) is 0. The third kappa shape index (κ3) is 6.53. The van der Waals surface area contributed by atoms with Crippen LogP contribution in [0.1, 0.15) is 6.42 Å². The fourth-order valence-electron chi connectivity index (χ4n) is 0.501. The fourth-order valence-corrected chi connectivity index (χ4v) is 1.31. The van der Waals surface area contributed by atoms with E-state index in [1.807, 2.05) is 0 Å². The van der Waals surface area contributed by atoms with E-state index in [4.69, 9.17) is 0 Å².